The van der Waals surface area contributed by atoms with E-state index in [0.29, 0.717) is 6.42 Å². The Hall–Kier alpha value is -1.98. The van der Waals surface area contributed by atoms with E-state index in [9.17, 15) is 18.4 Å². The molecule has 1 heterocycles. The molecular weight excluding hydrogens is 242 g/mol. The van der Waals surface area contributed by atoms with E-state index in [1.165, 1.54) is 12.1 Å². The van der Waals surface area contributed by atoms with E-state index in [0.717, 1.165) is 6.07 Å². The molecule has 2 rings (SSSR count). The molecule has 1 atom stereocenters. The third-order valence-electron chi connectivity index (χ3n) is 2.85. The van der Waals surface area contributed by atoms with E-state index in [4.69, 9.17) is 0 Å². The molecule has 6 heteroatoms. The lowest BCUT2D eigenvalue weighted by Crippen LogP contribution is -2.40. The molecule has 2 amide bonds. The van der Waals surface area contributed by atoms with Crippen molar-refractivity contribution >= 4 is 17.5 Å². The number of amides is 2. The fourth-order valence-corrected chi connectivity index (χ4v) is 1.79. The van der Waals surface area contributed by atoms with Crippen molar-refractivity contribution in [3.8, 4) is 0 Å². The average molecular weight is 254 g/mol. The Balaban J connectivity index is 2.03. The number of carbonyl (C=O) groups is 2. The second-order valence-corrected chi connectivity index (χ2v) is 4.13. The SMILES string of the molecule is O=C1CCC(C(=O)Nc2cccc(F)c2F)CN1. The molecule has 4 nitrogen and oxygen atoms in total. The predicted molar refractivity (Wildman–Crippen MR) is 60.7 cm³/mol. The summed E-state index contributed by atoms with van der Waals surface area (Å²) in [6.07, 6.45) is 0.679. The van der Waals surface area contributed by atoms with Crippen molar-refractivity contribution in [3.63, 3.8) is 0 Å². The average Bonchev–Trinajstić information content (AvgIpc) is 2.36. The summed E-state index contributed by atoms with van der Waals surface area (Å²) < 4.78 is 26.3. The van der Waals surface area contributed by atoms with Crippen LogP contribution >= 0.6 is 0 Å². The van der Waals surface area contributed by atoms with Crippen LogP contribution in [0.5, 0.6) is 0 Å². The minimum absolute atomic E-state index is 0.101. The first-order valence-electron chi connectivity index (χ1n) is 5.59. The minimum Gasteiger partial charge on any atom is -0.355 e. The van der Waals surface area contributed by atoms with Crippen molar-refractivity contribution in [1.82, 2.24) is 5.32 Å². The molecule has 0 saturated carbocycles. The third kappa shape index (κ3) is 2.64. The number of rotatable bonds is 2. The molecule has 1 aliphatic heterocycles. The van der Waals surface area contributed by atoms with Gasteiger partial charge in [-0.1, -0.05) is 6.07 Å². The van der Waals surface area contributed by atoms with Gasteiger partial charge in [-0.05, 0) is 18.6 Å². The van der Waals surface area contributed by atoms with Crippen LogP contribution in [0.4, 0.5) is 14.5 Å². The molecule has 1 aliphatic rings. The number of benzene rings is 1. The second kappa shape index (κ2) is 5.12. The molecule has 1 fully saturated rings. The largest absolute Gasteiger partial charge is 0.355 e. The standard InChI is InChI=1S/C12H12F2N2O2/c13-8-2-1-3-9(11(8)14)16-12(18)7-4-5-10(17)15-6-7/h1-3,7H,4-6H2,(H,15,17)(H,16,18). The number of hydrogen-bond acceptors (Lipinski definition) is 2. The summed E-state index contributed by atoms with van der Waals surface area (Å²) in [4.78, 5) is 22.7. The van der Waals surface area contributed by atoms with Crippen LogP contribution in [0.1, 0.15) is 12.8 Å². The van der Waals surface area contributed by atoms with Crippen molar-refractivity contribution in [2.75, 3.05) is 11.9 Å². The summed E-state index contributed by atoms with van der Waals surface area (Å²) in [6, 6.07) is 3.58. The van der Waals surface area contributed by atoms with Crippen LogP contribution in [0.2, 0.25) is 0 Å². The van der Waals surface area contributed by atoms with E-state index in [2.05, 4.69) is 10.6 Å². The van der Waals surface area contributed by atoms with Crippen molar-refractivity contribution in [2.45, 2.75) is 12.8 Å². The lowest BCUT2D eigenvalue weighted by molar-refractivity contribution is -0.126. The Morgan fingerprint density at radius 1 is 1.39 bits per heavy atom. The van der Waals surface area contributed by atoms with Gasteiger partial charge in [0.15, 0.2) is 11.6 Å². The van der Waals surface area contributed by atoms with Gasteiger partial charge in [0.1, 0.15) is 0 Å². The topological polar surface area (TPSA) is 58.2 Å². The van der Waals surface area contributed by atoms with Gasteiger partial charge < -0.3 is 10.6 Å². The molecule has 0 bridgehead atoms. The smallest absolute Gasteiger partial charge is 0.229 e. The summed E-state index contributed by atoms with van der Waals surface area (Å²) in [5, 5.41) is 4.89. The van der Waals surface area contributed by atoms with Gasteiger partial charge in [0.05, 0.1) is 11.6 Å². The van der Waals surface area contributed by atoms with Gasteiger partial charge in [-0.3, -0.25) is 9.59 Å². The van der Waals surface area contributed by atoms with Gasteiger partial charge in [-0.25, -0.2) is 8.78 Å². The van der Waals surface area contributed by atoms with Crippen LogP contribution < -0.4 is 10.6 Å². The Bertz CT molecular complexity index is 481. The zero-order valence-corrected chi connectivity index (χ0v) is 9.50. The zero-order chi connectivity index (χ0) is 13.1. The lowest BCUT2D eigenvalue weighted by Gasteiger charge is -2.21. The third-order valence-corrected chi connectivity index (χ3v) is 2.85. The van der Waals surface area contributed by atoms with Gasteiger partial charge in [0.2, 0.25) is 11.8 Å². The zero-order valence-electron chi connectivity index (χ0n) is 9.50. The quantitative estimate of drug-likeness (QED) is 0.838. The summed E-state index contributed by atoms with van der Waals surface area (Å²) >= 11 is 0. The fraction of sp³-hybridized carbons (Fsp3) is 0.333. The van der Waals surface area contributed by atoms with Crippen LogP contribution in [0.15, 0.2) is 18.2 Å². The number of carbonyl (C=O) groups excluding carboxylic acids is 2. The Morgan fingerprint density at radius 3 is 2.83 bits per heavy atom. The van der Waals surface area contributed by atoms with Crippen LogP contribution in [0, 0.1) is 17.6 Å². The van der Waals surface area contributed by atoms with Crippen LogP contribution in [-0.2, 0) is 9.59 Å². The van der Waals surface area contributed by atoms with Crippen LogP contribution in [0.3, 0.4) is 0 Å². The lowest BCUT2D eigenvalue weighted by atomic mass is 9.98. The Labute approximate surface area is 102 Å². The number of piperidine rings is 1. The van der Waals surface area contributed by atoms with E-state index < -0.39 is 23.5 Å². The normalized spacial score (nSPS) is 19.2. The molecule has 0 aliphatic carbocycles. The van der Waals surface area contributed by atoms with Crippen molar-refractivity contribution in [2.24, 2.45) is 5.92 Å². The van der Waals surface area contributed by atoms with Gasteiger partial charge in [-0.15, -0.1) is 0 Å². The number of anilines is 1. The molecule has 0 aromatic heterocycles. The van der Waals surface area contributed by atoms with Gasteiger partial charge in [-0.2, -0.15) is 0 Å². The number of nitrogens with one attached hydrogen (secondary N) is 2. The maximum absolute atomic E-state index is 13.3. The monoisotopic (exact) mass is 254 g/mol. The van der Waals surface area contributed by atoms with E-state index >= 15 is 0 Å². The molecular formula is C12H12F2N2O2. The van der Waals surface area contributed by atoms with Crippen molar-refractivity contribution in [3.05, 3.63) is 29.8 Å². The minimum atomic E-state index is -1.08. The first-order chi connectivity index (χ1) is 8.58. The summed E-state index contributed by atoms with van der Waals surface area (Å²) in [5.74, 6) is -3.02. The summed E-state index contributed by atoms with van der Waals surface area (Å²) in [6.45, 7) is 0.224. The highest BCUT2D eigenvalue weighted by molar-refractivity contribution is 5.94. The highest BCUT2D eigenvalue weighted by Crippen LogP contribution is 2.19. The summed E-state index contributed by atoms with van der Waals surface area (Å²) in [7, 11) is 0. The molecule has 18 heavy (non-hydrogen) atoms. The van der Waals surface area contributed by atoms with E-state index in [1.54, 1.807) is 0 Å². The molecule has 96 valence electrons. The molecule has 1 aromatic rings. The maximum atomic E-state index is 13.3. The Morgan fingerprint density at radius 2 is 2.17 bits per heavy atom. The predicted octanol–water partition coefficient (Wildman–Crippen LogP) is 1.43. The van der Waals surface area contributed by atoms with Gasteiger partial charge >= 0.3 is 0 Å². The molecule has 1 aromatic carbocycles. The molecule has 1 unspecified atom stereocenters. The van der Waals surface area contributed by atoms with Gasteiger partial charge in [0.25, 0.3) is 0 Å². The van der Waals surface area contributed by atoms with E-state index in [-0.39, 0.29) is 24.6 Å². The molecule has 1 saturated heterocycles. The van der Waals surface area contributed by atoms with E-state index in [1.807, 2.05) is 0 Å². The maximum Gasteiger partial charge on any atom is 0.229 e. The second-order valence-electron chi connectivity index (χ2n) is 4.13. The first-order valence-corrected chi connectivity index (χ1v) is 5.59. The highest BCUT2D eigenvalue weighted by Gasteiger charge is 2.25. The first kappa shape index (κ1) is 12.5. The molecule has 0 spiro atoms. The number of halogens is 2. The molecule has 2 N–H and O–H groups in total. The summed E-state index contributed by atoms with van der Waals surface area (Å²) in [5.41, 5.74) is -0.183. The fourth-order valence-electron chi connectivity index (χ4n) is 1.79. The van der Waals surface area contributed by atoms with Gasteiger partial charge in [0, 0.05) is 13.0 Å². The number of hydrogen-bond donors (Lipinski definition) is 2. The Kier molecular flexibility index (Phi) is 3.55. The van der Waals surface area contributed by atoms with Crippen molar-refractivity contribution in [1.29, 1.82) is 0 Å². The van der Waals surface area contributed by atoms with Crippen molar-refractivity contribution < 1.29 is 18.4 Å². The van der Waals surface area contributed by atoms with Crippen LogP contribution in [-0.4, -0.2) is 18.4 Å². The highest BCUT2D eigenvalue weighted by atomic mass is 19.2. The van der Waals surface area contributed by atoms with Crippen LogP contribution in [0.25, 0.3) is 0 Å². The molecule has 0 radical (unpaired) electrons.